The van der Waals surface area contributed by atoms with Crippen molar-refractivity contribution in [1.82, 2.24) is 9.88 Å². The van der Waals surface area contributed by atoms with E-state index >= 15 is 0 Å². The van der Waals surface area contributed by atoms with Gasteiger partial charge in [0.1, 0.15) is 11.6 Å². The van der Waals surface area contributed by atoms with Crippen LogP contribution in [-0.2, 0) is 0 Å². The Labute approximate surface area is 173 Å². The highest BCUT2D eigenvalue weighted by atomic mass is 35.5. The van der Waals surface area contributed by atoms with Crippen molar-refractivity contribution in [2.45, 2.75) is 13.8 Å². The zero-order valence-electron chi connectivity index (χ0n) is 16.1. The van der Waals surface area contributed by atoms with E-state index in [1.165, 1.54) is 22.3 Å². The molecule has 0 aliphatic heterocycles. The number of rotatable bonds is 5. The van der Waals surface area contributed by atoms with E-state index in [1.54, 1.807) is 0 Å². The second kappa shape index (κ2) is 8.94. The molecule has 0 spiro atoms. The van der Waals surface area contributed by atoms with Crippen molar-refractivity contribution in [3.8, 4) is 0 Å². The zero-order valence-corrected chi connectivity index (χ0v) is 17.8. The van der Waals surface area contributed by atoms with Gasteiger partial charge in [0.2, 0.25) is 0 Å². The molecule has 0 saturated carbocycles. The Morgan fingerprint density at radius 2 is 1.82 bits per heavy atom. The second-order valence-corrected chi connectivity index (χ2v) is 7.82. The SMILES string of the molecule is Cc1cc(C)c2nc(N(CCN(C)C)C(=O)c3ccc(F)cc3F)sc2c1.Cl. The number of carbonyl (C=O) groups is 1. The molecule has 0 aliphatic carbocycles. The molecule has 8 heteroatoms. The van der Waals surface area contributed by atoms with Crippen LogP contribution >= 0.6 is 23.7 Å². The molecule has 0 bridgehead atoms. The lowest BCUT2D eigenvalue weighted by Crippen LogP contribution is -2.37. The first-order valence-electron chi connectivity index (χ1n) is 8.55. The van der Waals surface area contributed by atoms with Crippen LogP contribution in [0.2, 0.25) is 0 Å². The van der Waals surface area contributed by atoms with Gasteiger partial charge < -0.3 is 4.90 Å². The lowest BCUT2D eigenvalue weighted by atomic mass is 10.1. The summed E-state index contributed by atoms with van der Waals surface area (Å²) in [5, 5.41) is 0.509. The molecule has 1 aromatic heterocycles. The molecule has 1 heterocycles. The van der Waals surface area contributed by atoms with Gasteiger partial charge in [0.15, 0.2) is 5.13 Å². The second-order valence-electron chi connectivity index (χ2n) is 6.81. The summed E-state index contributed by atoms with van der Waals surface area (Å²) < 4.78 is 28.4. The number of amides is 1. The third kappa shape index (κ3) is 4.66. The summed E-state index contributed by atoms with van der Waals surface area (Å²) in [6.07, 6.45) is 0. The van der Waals surface area contributed by atoms with Gasteiger partial charge in [-0.2, -0.15) is 0 Å². The standard InChI is InChI=1S/C20H21F2N3OS.ClH/c1-12-9-13(2)18-17(10-12)27-20(23-18)25(8-7-24(3)4)19(26)15-6-5-14(21)11-16(15)22;/h5-6,9-11H,7-8H2,1-4H3;1H. The molecule has 28 heavy (non-hydrogen) atoms. The van der Waals surface area contributed by atoms with E-state index < -0.39 is 17.5 Å². The average molecular weight is 426 g/mol. The molecule has 0 unspecified atom stereocenters. The number of hydrogen-bond donors (Lipinski definition) is 0. The van der Waals surface area contributed by atoms with E-state index in [4.69, 9.17) is 0 Å². The molecule has 1 amide bonds. The number of aryl methyl sites for hydroxylation is 2. The van der Waals surface area contributed by atoms with E-state index in [-0.39, 0.29) is 18.0 Å². The van der Waals surface area contributed by atoms with Crippen LogP contribution in [0.4, 0.5) is 13.9 Å². The summed E-state index contributed by atoms with van der Waals surface area (Å²) in [4.78, 5) is 21.1. The van der Waals surface area contributed by atoms with Gasteiger partial charge in [0.25, 0.3) is 5.91 Å². The third-order valence-corrected chi connectivity index (χ3v) is 5.25. The van der Waals surface area contributed by atoms with Crippen LogP contribution in [0.3, 0.4) is 0 Å². The van der Waals surface area contributed by atoms with Gasteiger partial charge in [-0.1, -0.05) is 17.4 Å². The summed E-state index contributed by atoms with van der Waals surface area (Å²) in [6, 6.07) is 7.06. The molecule has 0 N–H and O–H groups in total. The smallest absolute Gasteiger partial charge is 0.263 e. The number of benzene rings is 2. The largest absolute Gasteiger partial charge is 0.308 e. The van der Waals surface area contributed by atoms with Gasteiger partial charge in [0.05, 0.1) is 15.8 Å². The molecular formula is C20H22ClF2N3OS. The summed E-state index contributed by atoms with van der Waals surface area (Å²) in [7, 11) is 3.79. The number of fused-ring (bicyclic) bond motifs is 1. The monoisotopic (exact) mass is 425 g/mol. The third-order valence-electron chi connectivity index (χ3n) is 4.23. The maximum atomic E-state index is 14.2. The molecular weight excluding hydrogens is 404 g/mol. The summed E-state index contributed by atoms with van der Waals surface area (Å²) in [5.74, 6) is -2.11. The van der Waals surface area contributed by atoms with Crippen molar-refractivity contribution >= 4 is 45.0 Å². The van der Waals surface area contributed by atoms with E-state index in [1.807, 2.05) is 45.0 Å². The Morgan fingerprint density at radius 1 is 1.11 bits per heavy atom. The number of thiazole rings is 1. The lowest BCUT2D eigenvalue weighted by molar-refractivity contribution is 0.0981. The quantitative estimate of drug-likeness (QED) is 0.588. The highest BCUT2D eigenvalue weighted by Crippen LogP contribution is 2.32. The Hall–Kier alpha value is -2.09. The van der Waals surface area contributed by atoms with Crippen molar-refractivity contribution < 1.29 is 13.6 Å². The number of nitrogens with zero attached hydrogens (tertiary/aromatic N) is 3. The van der Waals surface area contributed by atoms with E-state index in [0.29, 0.717) is 18.2 Å². The van der Waals surface area contributed by atoms with Gasteiger partial charge in [0, 0.05) is 19.2 Å². The first-order chi connectivity index (χ1) is 12.8. The Morgan fingerprint density at radius 3 is 2.46 bits per heavy atom. The van der Waals surface area contributed by atoms with Gasteiger partial charge >= 0.3 is 0 Å². The Balaban J connectivity index is 0.00000280. The molecule has 3 rings (SSSR count). The molecule has 0 fully saturated rings. The van der Waals surface area contributed by atoms with Crippen LogP contribution in [0.5, 0.6) is 0 Å². The van der Waals surface area contributed by atoms with Gasteiger partial charge in [-0.3, -0.25) is 9.69 Å². The van der Waals surface area contributed by atoms with Crippen LogP contribution in [-0.4, -0.2) is 43.0 Å². The van der Waals surface area contributed by atoms with Crippen molar-refractivity contribution in [3.63, 3.8) is 0 Å². The molecule has 0 saturated heterocycles. The minimum absolute atomic E-state index is 0. The molecule has 2 aromatic carbocycles. The van der Waals surface area contributed by atoms with Crippen molar-refractivity contribution in [1.29, 1.82) is 0 Å². The molecule has 0 aliphatic rings. The predicted molar refractivity (Wildman–Crippen MR) is 113 cm³/mol. The fraction of sp³-hybridized carbons (Fsp3) is 0.300. The van der Waals surface area contributed by atoms with Gasteiger partial charge in [-0.15, -0.1) is 12.4 Å². The van der Waals surface area contributed by atoms with Gasteiger partial charge in [-0.05, 0) is 57.3 Å². The molecule has 4 nitrogen and oxygen atoms in total. The zero-order chi connectivity index (χ0) is 19.7. The molecule has 0 radical (unpaired) electrons. The number of anilines is 1. The topological polar surface area (TPSA) is 36.4 Å². The number of carbonyl (C=O) groups excluding carboxylic acids is 1. The maximum Gasteiger partial charge on any atom is 0.263 e. The van der Waals surface area contributed by atoms with Crippen LogP contribution in [0.15, 0.2) is 30.3 Å². The summed E-state index contributed by atoms with van der Waals surface area (Å²) >= 11 is 1.40. The predicted octanol–water partition coefficient (Wildman–Crippen LogP) is 4.82. The highest BCUT2D eigenvalue weighted by Gasteiger charge is 2.24. The first kappa shape index (κ1) is 22.2. The van der Waals surface area contributed by atoms with Crippen LogP contribution in [0, 0.1) is 25.5 Å². The van der Waals surface area contributed by atoms with Crippen LogP contribution < -0.4 is 4.90 Å². The average Bonchev–Trinajstić information content (AvgIpc) is 2.98. The van der Waals surface area contributed by atoms with Crippen LogP contribution in [0.1, 0.15) is 21.5 Å². The maximum absolute atomic E-state index is 14.2. The van der Waals surface area contributed by atoms with Crippen LogP contribution in [0.25, 0.3) is 10.2 Å². The summed E-state index contributed by atoms with van der Waals surface area (Å²) in [6.45, 7) is 4.92. The van der Waals surface area contributed by atoms with E-state index in [0.717, 1.165) is 33.5 Å². The first-order valence-corrected chi connectivity index (χ1v) is 9.37. The Kier molecular flexibility index (Phi) is 7.09. The minimum Gasteiger partial charge on any atom is -0.308 e. The van der Waals surface area contributed by atoms with E-state index in [9.17, 15) is 13.6 Å². The fourth-order valence-corrected chi connectivity index (χ4v) is 4.03. The lowest BCUT2D eigenvalue weighted by Gasteiger charge is -2.22. The van der Waals surface area contributed by atoms with Crippen molar-refractivity contribution in [2.75, 3.05) is 32.1 Å². The molecule has 150 valence electrons. The number of aromatic nitrogens is 1. The minimum atomic E-state index is -0.872. The molecule has 0 atom stereocenters. The highest BCUT2D eigenvalue weighted by molar-refractivity contribution is 7.22. The number of likely N-dealkylation sites (N-methyl/N-ethyl adjacent to an activating group) is 1. The van der Waals surface area contributed by atoms with Crippen molar-refractivity contribution in [2.24, 2.45) is 0 Å². The summed E-state index contributed by atoms with van der Waals surface area (Å²) in [5.41, 5.74) is 2.82. The van der Waals surface area contributed by atoms with E-state index in [2.05, 4.69) is 4.98 Å². The van der Waals surface area contributed by atoms with Crippen molar-refractivity contribution in [3.05, 3.63) is 58.7 Å². The Bertz CT molecular complexity index is 1010. The number of halogens is 3. The number of hydrogen-bond acceptors (Lipinski definition) is 4. The normalized spacial score (nSPS) is 11.0. The van der Waals surface area contributed by atoms with Gasteiger partial charge in [-0.25, -0.2) is 13.8 Å². The molecule has 3 aromatic rings. The fourth-order valence-electron chi connectivity index (χ4n) is 2.87.